The quantitative estimate of drug-likeness (QED) is 0.747. The van der Waals surface area contributed by atoms with Crippen molar-refractivity contribution in [1.82, 2.24) is 0 Å². The third kappa shape index (κ3) is 3.36. The average Bonchev–Trinajstić information content (AvgIpc) is 2.33. The first kappa shape index (κ1) is 13.6. The maximum Gasteiger partial charge on any atom is 0.0818 e. The van der Waals surface area contributed by atoms with Gasteiger partial charge in [0.05, 0.1) is 11.1 Å². The van der Waals surface area contributed by atoms with Gasteiger partial charge in [-0.05, 0) is 65.0 Å². The first-order chi connectivity index (χ1) is 8.08. The molecule has 0 saturated heterocycles. The van der Waals surface area contributed by atoms with Crippen molar-refractivity contribution in [2.45, 2.75) is 38.7 Å². The molecule has 0 aliphatic heterocycles. The van der Waals surface area contributed by atoms with Crippen LogP contribution < -0.4 is 0 Å². The number of rotatable bonds is 2. The molecule has 0 bridgehead atoms. The van der Waals surface area contributed by atoms with Crippen molar-refractivity contribution < 1.29 is 5.11 Å². The summed E-state index contributed by atoms with van der Waals surface area (Å²) in [4.78, 5) is 0. The number of halogens is 2. The lowest BCUT2D eigenvalue weighted by Crippen LogP contribution is -2.19. The van der Waals surface area contributed by atoms with E-state index in [-0.39, 0.29) is 6.10 Å². The van der Waals surface area contributed by atoms with Crippen LogP contribution in [0.4, 0.5) is 0 Å². The summed E-state index contributed by atoms with van der Waals surface area (Å²) in [6.07, 6.45) is 4.38. The molecule has 1 atom stereocenters. The molecule has 1 unspecified atom stereocenters. The molecule has 94 valence electrons. The second-order valence-electron chi connectivity index (χ2n) is 5.14. The van der Waals surface area contributed by atoms with Gasteiger partial charge in [0.2, 0.25) is 0 Å². The first-order valence-electron chi connectivity index (χ1n) is 6.21. The van der Waals surface area contributed by atoms with Crippen molar-refractivity contribution in [3.63, 3.8) is 0 Å². The summed E-state index contributed by atoms with van der Waals surface area (Å²) >= 11 is 8.31. The van der Waals surface area contributed by atoms with Crippen molar-refractivity contribution in [1.29, 1.82) is 0 Å². The zero-order valence-corrected chi connectivity index (χ0v) is 12.9. The van der Waals surface area contributed by atoms with E-state index in [1.807, 2.05) is 18.2 Å². The van der Waals surface area contributed by atoms with Crippen LogP contribution in [0.1, 0.15) is 44.3 Å². The Labute approximate surface area is 122 Å². The summed E-state index contributed by atoms with van der Waals surface area (Å²) in [5, 5.41) is 11.1. The van der Waals surface area contributed by atoms with Crippen LogP contribution in [0.15, 0.2) is 18.2 Å². The van der Waals surface area contributed by atoms with E-state index in [2.05, 4.69) is 29.5 Å². The Hall–Kier alpha value is 0.200. The van der Waals surface area contributed by atoms with Crippen molar-refractivity contribution in [2.24, 2.45) is 11.8 Å². The number of hydrogen-bond donors (Lipinski definition) is 1. The topological polar surface area (TPSA) is 20.2 Å². The van der Waals surface area contributed by atoms with Crippen molar-refractivity contribution >= 4 is 34.2 Å². The number of benzene rings is 1. The smallest absolute Gasteiger partial charge is 0.0818 e. The Morgan fingerprint density at radius 3 is 2.53 bits per heavy atom. The highest BCUT2D eigenvalue weighted by atomic mass is 127. The molecular formula is C14H18ClIO. The summed E-state index contributed by atoms with van der Waals surface area (Å²) in [6.45, 7) is 2.30. The van der Waals surface area contributed by atoms with Crippen LogP contribution in [0.3, 0.4) is 0 Å². The highest BCUT2D eigenvalue weighted by Crippen LogP contribution is 2.37. The molecule has 1 aromatic rings. The lowest BCUT2D eigenvalue weighted by Gasteiger charge is -2.30. The largest absolute Gasteiger partial charge is 0.388 e. The fourth-order valence-corrected chi connectivity index (χ4v) is 3.09. The molecule has 0 amide bonds. The highest BCUT2D eigenvalue weighted by Gasteiger charge is 2.25. The summed E-state index contributed by atoms with van der Waals surface area (Å²) in [5.74, 6) is 1.22. The zero-order valence-electron chi connectivity index (χ0n) is 10.00. The van der Waals surface area contributed by atoms with Gasteiger partial charge in [0, 0.05) is 3.57 Å². The lowest BCUT2D eigenvalue weighted by atomic mass is 9.78. The fraction of sp³-hybridized carbons (Fsp3) is 0.571. The van der Waals surface area contributed by atoms with Gasteiger partial charge in [-0.2, -0.15) is 0 Å². The minimum Gasteiger partial charge on any atom is -0.388 e. The van der Waals surface area contributed by atoms with E-state index in [9.17, 15) is 5.11 Å². The second-order valence-corrected chi connectivity index (χ2v) is 6.71. The Morgan fingerprint density at radius 2 is 1.94 bits per heavy atom. The van der Waals surface area contributed by atoms with Crippen LogP contribution >= 0.6 is 34.2 Å². The molecular weight excluding hydrogens is 347 g/mol. The van der Waals surface area contributed by atoms with Gasteiger partial charge in [-0.15, -0.1) is 0 Å². The first-order valence-corrected chi connectivity index (χ1v) is 7.66. The van der Waals surface area contributed by atoms with Gasteiger partial charge in [-0.3, -0.25) is 0 Å². The van der Waals surface area contributed by atoms with Gasteiger partial charge in [-0.25, -0.2) is 0 Å². The number of hydrogen-bond acceptors (Lipinski definition) is 1. The highest BCUT2D eigenvalue weighted by molar-refractivity contribution is 14.1. The lowest BCUT2D eigenvalue weighted by molar-refractivity contribution is 0.0755. The van der Waals surface area contributed by atoms with Gasteiger partial charge in [-0.1, -0.05) is 37.4 Å². The molecule has 1 aliphatic rings. The predicted molar refractivity (Wildman–Crippen MR) is 80.3 cm³/mol. The fourth-order valence-electron chi connectivity index (χ4n) is 2.57. The molecule has 17 heavy (non-hydrogen) atoms. The van der Waals surface area contributed by atoms with Gasteiger partial charge in [0.1, 0.15) is 0 Å². The molecule has 1 saturated carbocycles. The molecule has 1 aromatic carbocycles. The Morgan fingerprint density at radius 1 is 1.29 bits per heavy atom. The number of aliphatic hydroxyl groups is 1. The summed E-state index contributed by atoms with van der Waals surface area (Å²) in [5.41, 5.74) is 0.968. The minimum atomic E-state index is -0.350. The van der Waals surface area contributed by atoms with E-state index in [0.29, 0.717) is 5.92 Å². The average molecular weight is 365 g/mol. The maximum atomic E-state index is 10.4. The van der Waals surface area contributed by atoms with E-state index in [4.69, 9.17) is 11.6 Å². The van der Waals surface area contributed by atoms with Crippen LogP contribution in [0.2, 0.25) is 5.02 Å². The maximum absolute atomic E-state index is 10.4. The monoisotopic (exact) mass is 364 g/mol. The molecule has 2 rings (SSSR count). The standard InChI is InChI=1S/C14H18ClIO/c1-9-2-4-10(5-3-9)14(17)11-6-7-13(16)12(15)8-11/h6-10,14,17H,2-5H2,1H3. The molecule has 0 aromatic heterocycles. The van der Waals surface area contributed by atoms with E-state index in [0.717, 1.165) is 32.9 Å². The molecule has 1 aliphatic carbocycles. The summed E-state index contributed by atoms with van der Waals surface area (Å²) in [7, 11) is 0. The molecule has 1 fully saturated rings. The van der Waals surface area contributed by atoms with Crippen molar-refractivity contribution in [2.75, 3.05) is 0 Å². The zero-order chi connectivity index (χ0) is 12.4. The van der Waals surface area contributed by atoms with Gasteiger partial charge in [0.25, 0.3) is 0 Å². The van der Waals surface area contributed by atoms with Crippen molar-refractivity contribution in [3.05, 3.63) is 32.4 Å². The van der Waals surface area contributed by atoms with Gasteiger partial charge >= 0.3 is 0 Å². The Balaban J connectivity index is 2.08. The number of aliphatic hydroxyl groups excluding tert-OH is 1. The van der Waals surface area contributed by atoms with Crippen LogP contribution in [-0.2, 0) is 0 Å². The van der Waals surface area contributed by atoms with E-state index in [1.54, 1.807) is 0 Å². The molecule has 0 heterocycles. The van der Waals surface area contributed by atoms with Crippen molar-refractivity contribution in [3.8, 4) is 0 Å². The van der Waals surface area contributed by atoms with Crippen LogP contribution in [0.5, 0.6) is 0 Å². The van der Waals surface area contributed by atoms with Crippen LogP contribution in [0, 0.1) is 15.4 Å². The molecule has 1 N–H and O–H groups in total. The SMILES string of the molecule is CC1CCC(C(O)c2ccc(I)c(Cl)c2)CC1. The van der Waals surface area contributed by atoms with E-state index >= 15 is 0 Å². The Bertz CT molecular complexity index is 386. The van der Waals surface area contributed by atoms with Crippen LogP contribution in [0.25, 0.3) is 0 Å². The molecule has 3 heteroatoms. The molecule has 0 spiro atoms. The Kier molecular flexibility index (Phi) is 4.72. The second kappa shape index (κ2) is 5.89. The van der Waals surface area contributed by atoms with E-state index in [1.165, 1.54) is 12.8 Å². The molecule has 0 radical (unpaired) electrons. The molecule has 1 nitrogen and oxygen atoms in total. The van der Waals surface area contributed by atoms with E-state index < -0.39 is 0 Å². The van der Waals surface area contributed by atoms with Crippen LogP contribution in [-0.4, -0.2) is 5.11 Å². The van der Waals surface area contributed by atoms with Gasteiger partial charge in [0.15, 0.2) is 0 Å². The third-order valence-electron chi connectivity index (χ3n) is 3.79. The predicted octanol–water partition coefficient (Wildman–Crippen LogP) is 4.80. The normalized spacial score (nSPS) is 26.8. The third-order valence-corrected chi connectivity index (χ3v) is 5.36. The van der Waals surface area contributed by atoms with Gasteiger partial charge < -0.3 is 5.11 Å². The summed E-state index contributed by atoms with van der Waals surface area (Å²) < 4.78 is 1.04. The summed E-state index contributed by atoms with van der Waals surface area (Å²) in [6, 6.07) is 5.88. The minimum absolute atomic E-state index is 0.350.